The SMILES string of the molecule is CN=C(NCCC(c1ccccc1)c1ccccc1)NCC(=O)NCCOC.I. The summed E-state index contributed by atoms with van der Waals surface area (Å²) in [5.41, 5.74) is 2.58. The maximum atomic E-state index is 11.8. The fraction of sp³-hybridized carbons (Fsp3) is 0.364. The fourth-order valence-electron chi connectivity index (χ4n) is 2.97. The molecule has 0 saturated heterocycles. The Kier molecular flexibility index (Phi) is 12.7. The minimum atomic E-state index is -0.0913. The molecule has 0 bridgehead atoms. The molecule has 0 saturated carbocycles. The largest absolute Gasteiger partial charge is 0.383 e. The first-order valence-electron chi connectivity index (χ1n) is 9.54. The van der Waals surface area contributed by atoms with Crippen molar-refractivity contribution >= 4 is 35.8 Å². The highest BCUT2D eigenvalue weighted by Crippen LogP contribution is 2.27. The molecule has 0 aliphatic rings. The number of carbonyl (C=O) groups is 1. The molecule has 7 heteroatoms. The molecule has 2 aromatic rings. The summed E-state index contributed by atoms with van der Waals surface area (Å²) in [6.45, 7) is 1.90. The van der Waals surface area contributed by atoms with Crippen LogP contribution >= 0.6 is 24.0 Å². The van der Waals surface area contributed by atoms with Gasteiger partial charge in [0.2, 0.25) is 5.91 Å². The van der Waals surface area contributed by atoms with Gasteiger partial charge in [-0.25, -0.2) is 0 Å². The average Bonchev–Trinajstić information content (AvgIpc) is 2.75. The molecule has 158 valence electrons. The van der Waals surface area contributed by atoms with Crippen molar-refractivity contribution in [2.24, 2.45) is 4.99 Å². The van der Waals surface area contributed by atoms with Gasteiger partial charge < -0.3 is 20.7 Å². The van der Waals surface area contributed by atoms with Crippen molar-refractivity contribution in [3.8, 4) is 0 Å². The van der Waals surface area contributed by atoms with Crippen molar-refractivity contribution in [1.82, 2.24) is 16.0 Å². The van der Waals surface area contributed by atoms with E-state index >= 15 is 0 Å². The summed E-state index contributed by atoms with van der Waals surface area (Å²) >= 11 is 0. The zero-order chi connectivity index (χ0) is 20.0. The Balaban J connectivity index is 0.00000420. The van der Waals surface area contributed by atoms with Gasteiger partial charge in [0.15, 0.2) is 5.96 Å². The number of methoxy groups -OCH3 is 1. The molecule has 0 fully saturated rings. The summed E-state index contributed by atoms with van der Waals surface area (Å²) in [6.07, 6.45) is 0.911. The summed E-state index contributed by atoms with van der Waals surface area (Å²) in [5, 5.41) is 9.10. The highest BCUT2D eigenvalue weighted by atomic mass is 127. The van der Waals surface area contributed by atoms with E-state index in [2.05, 4.69) is 69.5 Å². The molecule has 2 aromatic carbocycles. The van der Waals surface area contributed by atoms with Crippen LogP contribution in [0.5, 0.6) is 0 Å². The standard InChI is InChI=1S/C22H30N4O2.HI/c1-23-22(26-17-21(27)24-15-16-28-2)25-14-13-20(18-9-5-3-6-10-18)19-11-7-4-8-12-19;/h3-12,20H,13-17H2,1-2H3,(H,24,27)(H2,23,25,26);1H. The topological polar surface area (TPSA) is 74.8 Å². The van der Waals surface area contributed by atoms with Gasteiger partial charge in [0, 0.05) is 33.2 Å². The van der Waals surface area contributed by atoms with Crippen molar-refractivity contribution in [1.29, 1.82) is 0 Å². The van der Waals surface area contributed by atoms with E-state index in [1.165, 1.54) is 11.1 Å². The zero-order valence-corrected chi connectivity index (χ0v) is 19.4. The predicted molar refractivity (Wildman–Crippen MR) is 129 cm³/mol. The van der Waals surface area contributed by atoms with Gasteiger partial charge in [-0.3, -0.25) is 9.79 Å². The van der Waals surface area contributed by atoms with Crippen molar-refractivity contribution in [3.63, 3.8) is 0 Å². The molecule has 0 aromatic heterocycles. The second-order valence-corrected chi connectivity index (χ2v) is 6.36. The monoisotopic (exact) mass is 510 g/mol. The molecular weight excluding hydrogens is 479 g/mol. The Morgan fingerprint density at radius 1 is 0.931 bits per heavy atom. The third kappa shape index (κ3) is 9.27. The minimum absolute atomic E-state index is 0. The lowest BCUT2D eigenvalue weighted by atomic mass is 9.88. The second kappa shape index (κ2) is 14.8. The lowest BCUT2D eigenvalue weighted by molar-refractivity contribution is -0.120. The van der Waals surface area contributed by atoms with E-state index in [-0.39, 0.29) is 36.4 Å². The van der Waals surface area contributed by atoms with Crippen LogP contribution in [-0.4, -0.2) is 52.3 Å². The first-order valence-corrected chi connectivity index (χ1v) is 9.54. The van der Waals surface area contributed by atoms with Crippen LogP contribution in [0.25, 0.3) is 0 Å². The maximum absolute atomic E-state index is 11.8. The molecule has 3 N–H and O–H groups in total. The molecular formula is C22H31IN4O2. The van der Waals surface area contributed by atoms with E-state index in [9.17, 15) is 4.79 Å². The van der Waals surface area contributed by atoms with Crippen molar-refractivity contribution in [2.45, 2.75) is 12.3 Å². The molecule has 0 radical (unpaired) electrons. The molecule has 0 atom stereocenters. The van der Waals surface area contributed by atoms with Crippen LogP contribution < -0.4 is 16.0 Å². The van der Waals surface area contributed by atoms with Crippen LogP contribution in [0.1, 0.15) is 23.5 Å². The number of halogens is 1. The number of ether oxygens (including phenoxy) is 1. The summed E-state index contributed by atoms with van der Waals surface area (Å²) in [4.78, 5) is 16.0. The van der Waals surface area contributed by atoms with Gasteiger partial charge >= 0.3 is 0 Å². The quantitative estimate of drug-likeness (QED) is 0.199. The number of carbonyl (C=O) groups excluding carboxylic acids is 1. The van der Waals surface area contributed by atoms with Crippen molar-refractivity contribution < 1.29 is 9.53 Å². The van der Waals surface area contributed by atoms with Gasteiger partial charge in [0.25, 0.3) is 0 Å². The Bertz CT molecular complexity index is 687. The Morgan fingerprint density at radius 3 is 2.03 bits per heavy atom. The van der Waals surface area contributed by atoms with Crippen LogP contribution in [0.3, 0.4) is 0 Å². The first-order chi connectivity index (χ1) is 13.7. The number of rotatable bonds is 10. The number of amides is 1. The highest BCUT2D eigenvalue weighted by molar-refractivity contribution is 14.0. The molecule has 0 aliphatic heterocycles. The Hall–Kier alpha value is -2.13. The number of guanidine groups is 1. The van der Waals surface area contributed by atoms with Crippen molar-refractivity contribution in [3.05, 3.63) is 71.8 Å². The Labute approximate surface area is 190 Å². The number of benzene rings is 2. The van der Waals surface area contributed by atoms with Gasteiger partial charge in [-0.05, 0) is 17.5 Å². The maximum Gasteiger partial charge on any atom is 0.239 e. The number of hydrogen-bond donors (Lipinski definition) is 3. The second-order valence-electron chi connectivity index (χ2n) is 6.36. The normalized spacial score (nSPS) is 10.9. The molecule has 1 amide bonds. The van der Waals surface area contributed by atoms with Gasteiger partial charge in [0.1, 0.15) is 0 Å². The van der Waals surface area contributed by atoms with E-state index in [1.54, 1.807) is 14.2 Å². The third-order valence-electron chi connectivity index (χ3n) is 4.40. The molecule has 0 spiro atoms. The van der Waals surface area contributed by atoms with E-state index in [0.717, 1.165) is 13.0 Å². The number of nitrogens with one attached hydrogen (secondary N) is 3. The number of hydrogen-bond acceptors (Lipinski definition) is 3. The summed E-state index contributed by atoms with van der Waals surface area (Å²) in [6, 6.07) is 21.0. The number of aliphatic imine (C=N–C) groups is 1. The van der Waals surface area contributed by atoms with Crippen LogP contribution in [0.4, 0.5) is 0 Å². The summed E-state index contributed by atoms with van der Waals surface area (Å²) in [7, 11) is 3.30. The third-order valence-corrected chi connectivity index (χ3v) is 4.40. The molecule has 6 nitrogen and oxygen atoms in total. The lowest BCUT2D eigenvalue weighted by Gasteiger charge is -2.19. The molecule has 0 unspecified atom stereocenters. The van der Waals surface area contributed by atoms with E-state index in [4.69, 9.17) is 4.74 Å². The smallest absolute Gasteiger partial charge is 0.239 e. The van der Waals surface area contributed by atoms with Crippen LogP contribution in [0, 0.1) is 0 Å². The van der Waals surface area contributed by atoms with E-state index in [1.807, 2.05) is 12.1 Å². The first kappa shape index (κ1) is 24.9. The average molecular weight is 510 g/mol. The number of nitrogens with zero attached hydrogens (tertiary/aromatic N) is 1. The molecule has 2 rings (SSSR count). The zero-order valence-electron chi connectivity index (χ0n) is 17.1. The van der Waals surface area contributed by atoms with Crippen LogP contribution in [0.2, 0.25) is 0 Å². The fourth-order valence-corrected chi connectivity index (χ4v) is 2.97. The predicted octanol–water partition coefficient (Wildman–Crippen LogP) is 2.75. The van der Waals surface area contributed by atoms with Gasteiger partial charge in [-0.2, -0.15) is 0 Å². The summed E-state index contributed by atoms with van der Waals surface area (Å²) < 4.78 is 4.92. The Morgan fingerprint density at radius 2 is 1.52 bits per heavy atom. The molecule has 0 aliphatic carbocycles. The molecule has 0 heterocycles. The van der Waals surface area contributed by atoms with Crippen LogP contribution in [-0.2, 0) is 9.53 Å². The highest BCUT2D eigenvalue weighted by Gasteiger charge is 2.14. The van der Waals surface area contributed by atoms with Crippen molar-refractivity contribution in [2.75, 3.05) is 40.4 Å². The van der Waals surface area contributed by atoms with Gasteiger partial charge in [-0.1, -0.05) is 60.7 Å². The van der Waals surface area contributed by atoms with E-state index < -0.39 is 0 Å². The van der Waals surface area contributed by atoms with Gasteiger partial charge in [0.05, 0.1) is 13.2 Å². The van der Waals surface area contributed by atoms with Crippen LogP contribution in [0.15, 0.2) is 65.7 Å². The summed E-state index contributed by atoms with van der Waals surface area (Å²) in [5.74, 6) is 0.818. The minimum Gasteiger partial charge on any atom is -0.383 e. The molecule has 29 heavy (non-hydrogen) atoms. The van der Waals surface area contributed by atoms with E-state index in [0.29, 0.717) is 25.0 Å². The lowest BCUT2D eigenvalue weighted by Crippen LogP contribution is -2.44. The van der Waals surface area contributed by atoms with Gasteiger partial charge in [-0.15, -0.1) is 24.0 Å².